The van der Waals surface area contributed by atoms with Crippen molar-refractivity contribution in [3.05, 3.63) is 54.6 Å². The molecule has 1 atom stereocenters. The molecule has 160 valence electrons. The van der Waals surface area contributed by atoms with Gasteiger partial charge in [-0.05, 0) is 55.7 Å². The van der Waals surface area contributed by atoms with E-state index in [9.17, 15) is 8.42 Å². The second kappa shape index (κ2) is 12.5. The van der Waals surface area contributed by atoms with Crippen molar-refractivity contribution in [3.8, 4) is 0 Å². The molecule has 29 heavy (non-hydrogen) atoms. The molecule has 0 fully saturated rings. The molecule has 0 heterocycles. The van der Waals surface area contributed by atoms with Crippen LogP contribution in [0.4, 0.5) is 11.4 Å². The Morgan fingerprint density at radius 2 is 1.45 bits per heavy atom. The first-order valence-electron chi connectivity index (χ1n) is 10.9. The van der Waals surface area contributed by atoms with Crippen LogP contribution in [0.5, 0.6) is 0 Å². The van der Waals surface area contributed by atoms with Crippen LogP contribution in [0, 0.1) is 0 Å². The van der Waals surface area contributed by atoms with Gasteiger partial charge in [-0.15, -0.1) is 0 Å². The van der Waals surface area contributed by atoms with Gasteiger partial charge >= 0.3 is 0 Å². The fourth-order valence-corrected chi connectivity index (χ4v) is 5.43. The number of benzene rings is 2. The summed E-state index contributed by atoms with van der Waals surface area (Å²) in [7, 11) is -3.34. The normalized spacial score (nSPS) is 12.6. The van der Waals surface area contributed by atoms with E-state index in [0.29, 0.717) is 17.0 Å². The molecular weight excluding hydrogens is 380 g/mol. The van der Waals surface area contributed by atoms with Gasteiger partial charge in [-0.1, -0.05) is 63.6 Å². The molecule has 0 aliphatic rings. The van der Waals surface area contributed by atoms with Crippen molar-refractivity contribution in [2.75, 3.05) is 17.6 Å². The number of unbranched alkanes of at least 4 members (excludes halogenated alkanes) is 5. The highest BCUT2D eigenvalue weighted by Gasteiger charge is 2.26. The maximum Gasteiger partial charge on any atom is 0.181 e. The Morgan fingerprint density at radius 1 is 0.828 bits per heavy atom. The van der Waals surface area contributed by atoms with E-state index in [1.165, 1.54) is 25.7 Å². The lowest BCUT2D eigenvalue weighted by Crippen LogP contribution is -2.23. The molecule has 3 N–H and O–H groups in total. The summed E-state index contributed by atoms with van der Waals surface area (Å²) in [5.41, 5.74) is 7.39. The van der Waals surface area contributed by atoms with Crippen LogP contribution in [0.3, 0.4) is 0 Å². The Balaban J connectivity index is 1.93. The molecule has 1 unspecified atom stereocenters. The van der Waals surface area contributed by atoms with E-state index >= 15 is 0 Å². The second-order valence-corrected chi connectivity index (χ2v) is 9.96. The summed E-state index contributed by atoms with van der Waals surface area (Å²) in [4.78, 5) is 0.388. The zero-order valence-corrected chi connectivity index (χ0v) is 18.5. The van der Waals surface area contributed by atoms with Crippen LogP contribution < -0.4 is 11.1 Å². The fraction of sp³-hybridized carbons (Fsp3) is 0.500. The number of sulfone groups is 1. The molecule has 0 aliphatic heterocycles. The topological polar surface area (TPSA) is 72.2 Å². The third-order valence-corrected chi connectivity index (χ3v) is 7.61. The average Bonchev–Trinajstić information content (AvgIpc) is 2.73. The van der Waals surface area contributed by atoms with Crippen LogP contribution >= 0.6 is 0 Å². The zero-order valence-electron chi connectivity index (χ0n) is 17.6. The number of hydrogen-bond donors (Lipinski definition) is 2. The molecule has 0 bridgehead atoms. The maximum atomic E-state index is 13.2. The Labute approximate surface area is 176 Å². The summed E-state index contributed by atoms with van der Waals surface area (Å²) in [6, 6.07) is 16.7. The average molecular weight is 417 g/mol. The van der Waals surface area contributed by atoms with Gasteiger partial charge in [0.25, 0.3) is 0 Å². The van der Waals surface area contributed by atoms with Crippen LogP contribution in [0.25, 0.3) is 0 Å². The van der Waals surface area contributed by atoms with E-state index in [0.717, 1.165) is 37.9 Å². The minimum Gasteiger partial charge on any atom is -0.399 e. The lowest BCUT2D eigenvalue weighted by molar-refractivity contribution is 0.529. The molecule has 2 aromatic rings. The third kappa shape index (κ3) is 8.09. The van der Waals surface area contributed by atoms with Crippen molar-refractivity contribution in [2.45, 2.75) is 74.9 Å². The van der Waals surface area contributed by atoms with Gasteiger partial charge in [0.15, 0.2) is 9.84 Å². The predicted molar refractivity (Wildman–Crippen MR) is 124 cm³/mol. The summed E-state index contributed by atoms with van der Waals surface area (Å²) in [6.07, 6.45) is 9.21. The highest BCUT2D eigenvalue weighted by atomic mass is 32.2. The van der Waals surface area contributed by atoms with Gasteiger partial charge in [-0.3, -0.25) is 0 Å². The van der Waals surface area contributed by atoms with Crippen molar-refractivity contribution in [1.29, 1.82) is 0 Å². The minimum atomic E-state index is -3.34. The molecule has 2 rings (SSSR count). The first-order valence-corrected chi connectivity index (χ1v) is 12.5. The third-order valence-electron chi connectivity index (χ3n) is 5.33. The highest BCUT2D eigenvalue weighted by molar-refractivity contribution is 7.92. The van der Waals surface area contributed by atoms with Gasteiger partial charge in [-0.25, -0.2) is 8.42 Å². The molecule has 0 saturated heterocycles. The van der Waals surface area contributed by atoms with Gasteiger partial charge in [0.05, 0.1) is 10.1 Å². The summed E-state index contributed by atoms with van der Waals surface area (Å²) in [5.74, 6) is 0. The van der Waals surface area contributed by atoms with Crippen LogP contribution in [-0.4, -0.2) is 20.2 Å². The number of nitrogens with two attached hydrogens (primary N) is 1. The van der Waals surface area contributed by atoms with Crippen LogP contribution in [0.1, 0.15) is 64.7 Å². The predicted octanol–water partition coefficient (Wildman–Crippen LogP) is 6.05. The number of rotatable bonds is 14. The standard InChI is InChI=1S/C24H36N2O2S/c1-2-3-4-5-6-10-14-23(15-11-20-26-22-12-8-7-9-13-22)29(27,28)24-18-16-21(25)17-19-24/h7-9,12-13,16-19,23,26H,2-6,10-11,14-15,20,25H2,1H3. The smallest absolute Gasteiger partial charge is 0.181 e. The Hall–Kier alpha value is -2.01. The van der Waals surface area contributed by atoms with E-state index in [-0.39, 0.29) is 5.25 Å². The molecule has 0 amide bonds. The lowest BCUT2D eigenvalue weighted by atomic mass is 10.1. The number of nitrogens with one attached hydrogen (secondary N) is 1. The van der Waals surface area contributed by atoms with E-state index in [4.69, 9.17) is 5.73 Å². The van der Waals surface area contributed by atoms with Crippen molar-refractivity contribution >= 4 is 21.2 Å². The van der Waals surface area contributed by atoms with Gasteiger partial charge in [0.1, 0.15) is 0 Å². The quantitative estimate of drug-likeness (QED) is 0.290. The summed E-state index contributed by atoms with van der Waals surface area (Å²) < 4.78 is 26.4. The van der Waals surface area contributed by atoms with Crippen LogP contribution in [0.2, 0.25) is 0 Å². The molecule has 4 nitrogen and oxygen atoms in total. The molecule has 0 aromatic heterocycles. The van der Waals surface area contributed by atoms with E-state index in [2.05, 4.69) is 12.2 Å². The Morgan fingerprint density at radius 3 is 2.14 bits per heavy atom. The SMILES string of the molecule is CCCCCCCCC(CCCNc1ccccc1)S(=O)(=O)c1ccc(N)cc1. The molecular formula is C24H36N2O2S. The molecule has 0 radical (unpaired) electrons. The van der Waals surface area contributed by atoms with Crippen molar-refractivity contribution in [3.63, 3.8) is 0 Å². The van der Waals surface area contributed by atoms with Crippen molar-refractivity contribution in [2.24, 2.45) is 0 Å². The molecule has 0 aliphatic carbocycles. The van der Waals surface area contributed by atoms with Crippen molar-refractivity contribution in [1.82, 2.24) is 0 Å². The number of hydrogen-bond acceptors (Lipinski definition) is 4. The first kappa shape index (κ1) is 23.3. The largest absolute Gasteiger partial charge is 0.399 e. The molecule has 5 heteroatoms. The Kier molecular flexibility index (Phi) is 10.1. The van der Waals surface area contributed by atoms with Crippen molar-refractivity contribution < 1.29 is 8.42 Å². The minimum absolute atomic E-state index is 0.338. The van der Waals surface area contributed by atoms with Gasteiger partial charge in [-0.2, -0.15) is 0 Å². The summed E-state index contributed by atoms with van der Waals surface area (Å²) in [5, 5.41) is 3.04. The number of para-hydroxylation sites is 1. The molecule has 0 saturated carbocycles. The second-order valence-electron chi connectivity index (χ2n) is 7.73. The maximum absolute atomic E-state index is 13.2. The monoisotopic (exact) mass is 416 g/mol. The van der Waals surface area contributed by atoms with Crippen LogP contribution in [0.15, 0.2) is 59.5 Å². The molecule has 2 aromatic carbocycles. The lowest BCUT2D eigenvalue weighted by Gasteiger charge is -2.18. The van der Waals surface area contributed by atoms with E-state index < -0.39 is 9.84 Å². The zero-order chi connectivity index (χ0) is 21.0. The van der Waals surface area contributed by atoms with Gasteiger partial charge in [0, 0.05) is 17.9 Å². The van der Waals surface area contributed by atoms with Crippen LogP contribution in [-0.2, 0) is 9.84 Å². The fourth-order valence-electron chi connectivity index (χ4n) is 3.58. The summed E-state index contributed by atoms with van der Waals surface area (Å²) in [6.45, 7) is 2.98. The van der Waals surface area contributed by atoms with Gasteiger partial charge in [0.2, 0.25) is 0 Å². The number of nitrogen functional groups attached to an aromatic ring is 1. The Bertz CT molecular complexity index is 789. The number of anilines is 2. The van der Waals surface area contributed by atoms with Gasteiger partial charge < -0.3 is 11.1 Å². The summed E-state index contributed by atoms with van der Waals surface area (Å²) >= 11 is 0. The first-order chi connectivity index (χ1) is 14.0. The van der Waals surface area contributed by atoms with E-state index in [1.807, 2.05) is 30.3 Å². The van der Waals surface area contributed by atoms with E-state index in [1.54, 1.807) is 24.3 Å². The molecule has 0 spiro atoms. The highest BCUT2D eigenvalue weighted by Crippen LogP contribution is 2.25.